The van der Waals surface area contributed by atoms with Crippen molar-refractivity contribution in [3.8, 4) is 11.5 Å². The van der Waals surface area contributed by atoms with E-state index in [0.29, 0.717) is 5.75 Å². The van der Waals surface area contributed by atoms with Gasteiger partial charge in [-0.1, -0.05) is 30.3 Å². The van der Waals surface area contributed by atoms with Crippen molar-refractivity contribution in [1.82, 2.24) is 5.32 Å². The molecule has 1 fully saturated rings. The lowest BCUT2D eigenvalue weighted by Crippen LogP contribution is -2.46. The van der Waals surface area contributed by atoms with Gasteiger partial charge in [0.1, 0.15) is 11.5 Å². The van der Waals surface area contributed by atoms with Gasteiger partial charge in [-0.2, -0.15) is 0 Å². The smallest absolute Gasteiger partial charge is 0.258 e. The summed E-state index contributed by atoms with van der Waals surface area (Å²) in [6, 6.07) is 20.3. The van der Waals surface area contributed by atoms with Crippen LogP contribution in [0.2, 0.25) is 0 Å². The van der Waals surface area contributed by atoms with E-state index in [9.17, 15) is 4.79 Å². The van der Waals surface area contributed by atoms with Crippen molar-refractivity contribution < 1.29 is 14.3 Å². The number of rotatable bonds is 6. The van der Waals surface area contributed by atoms with Gasteiger partial charge in [0.2, 0.25) is 0 Å². The molecule has 0 spiro atoms. The minimum atomic E-state index is -0.0852. The van der Waals surface area contributed by atoms with Crippen LogP contribution in [-0.4, -0.2) is 38.8 Å². The monoisotopic (exact) mass is 468 g/mol. The van der Waals surface area contributed by atoms with Gasteiger partial charge in [-0.15, -0.1) is 0 Å². The topological polar surface area (TPSA) is 50.8 Å². The van der Waals surface area contributed by atoms with Gasteiger partial charge in [-0.3, -0.25) is 4.79 Å². The number of hydrogen-bond acceptors (Lipinski definition) is 4. The first-order chi connectivity index (χ1) is 14.6. The molecule has 1 aliphatic rings. The molecule has 0 aliphatic carbocycles. The molecule has 0 bridgehead atoms. The molecule has 1 amide bonds. The molecule has 0 unspecified atom stereocenters. The lowest BCUT2D eigenvalue weighted by atomic mass is 10.0. The van der Waals surface area contributed by atoms with Gasteiger partial charge in [-0.25, -0.2) is 0 Å². The number of hydrogen-bond donors (Lipinski definition) is 1. The second-order valence-electron chi connectivity index (χ2n) is 7.41. The van der Waals surface area contributed by atoms with E-state index in [1.54, 1.807) is 7.11 Å². The van der Waals surface area contributed by atoms with Crippen LogP contribution in [0.3, 0.4) is 0 Å². The third-order valence-corrected chi connectivity index (χ3v) is 6.30. The fourth-order valence-electron chi connectivity index (χ4n) is 3.81. The number of nitrogens with one attached hydrogen (secondary N) is 1. The fraction of sp³-hybridized carbons (Fsp3) is 0.292. The summed E-state index contributed by atoms with van der Waals surface area (Å²) in [4.78, 5) is 14.7. The van der Waals surface area contributed by atoms with Crippen LogP contribution >= 0.6 is 15.9 Å². The largest absolute Gasteiger partial charge is 0.497 e. The van der Waals surface area contributed by atoms with Crippen LogP contribution in [-0.2, 0) is 4.79 Å². The molecule has 0 aromatic heterocycles. The van der Waals surface area contributed by atoms with E-state index in [2.05, 4.69) is 44.3 Å². The van der Waals surface area contributed by atoms with Crippen LogP contribution in [0.1, 0.15) is 12.8 Å². The first kappa shape index (κ1) is 20.5. The van der Waals surface area contributed by atoms with Crippen molar-refractivity contribution >= 4 is 38.3 Å². The Labute approximate surface area is 185 Å². The van der Waals surface area contributed by atoms with Crippen molar-refractivity contribution in [3.05, 3.63) is 65.1 Å². The minimum Gasteiger partial charge on any atom is -0.497 e. The van der Waals surface area contributed by atoms with Gasteiger partial charge in [0.15, 0.2) is 6.61 Å². The van der Waals surface area contributed by atoms with Crippen LogP contribution < -0.4 is 19.7 Å². The highest BCUT2D eigenvalue weighted by molar-refractivity contribution is 9.10. The Morgan fingerprint density at radius 2 is 1.80 bits per heavy atom. The zero-order valence-corrected chi connectivity index (χ0v) is 18.5. The first-order valence-corrected chi connectivity index (χ1v) is 10.9. The van der Waals surface area contributed by atoms with E-state index in [-0.39, 0.29) is 18.6 Å². The van der Waals surface area contributed by atoms with Crippen LogP contribution in [0.25, 0.3) is 10.8 Å². The van der Waals surface area contributed by atoms with Crippen LogP contribution in [0.5, 0.6) is 11.5 Å². The Hall–Kier alpha value is -2.73. The van der Waals surface area contributed by atoms with Crippen LogP contribution in [0.4, 0.5) is 5.69 Å². The highest BCUT2D eigenvalue weighted by Crippen LogP contribution is 2.33. The molecule has 1 N–H and O–H groups in total. The van der Waals surface area contributed by atoms with Crippen LogP contribution in [0, 0.1) is 0 Å². The maximum absolute atomic E-state index is 12.4. The van der Waals surface area contributed by atoms with Gasteiger partial charge < -0.3 is 19.7 Å². The highest BCUT2D eigenvalue weighted by Gasteiger charge is 2.21. The molecule has 0 atom stereocenters. The summed E-state index contributed by atoms with van der Waals surface area (Å²) < 4.78 is 11.9. The summed E-state index contributed by atoms with van der Waals surface area (Å²) in [5.74, 6) is 1.45. The lowest BCUT2D eigenvalue weighted by Gasteiger charge is -2.34. The number of halogens is 1. The summed E-state index contributed by atoms with van der Waals surface area (Å²) in [5, 5.41) is 5.31. The predicted octanol–water partition coefficient (Wildman–Crippen LogP) is 4.77. The average molecular weight is 469 g/mol. The van der Waals surface area contributed by atoms with Gasteiger partial charge >= 0.3 is 0 Å². The zero-order chi connectivity index (χ0) is 20.9. The number of carbonyl (C=O) groups is 1. The predicted molar refractivity (Wildman–Crippen MR) is 124 cm³/mol. The Kier molecular flexibility index (Phi) is 6.43. The molecule has 5 nitrogen and oxygen atoms in total. The molecule has 3 aromatic carbocycles. The number of benzene rings is 3. The Morgan fingerprint density at radius 1 is 1.07 bits per heavy atom. The Balaban J connectivity index is 1.26. The molecule has 156 valence electrons. The van der Waals surface area contributed by atoms with E-state index < -0.39 is 0 Å². The molecule has 6 heteroatoms. The zero-order valence-electron chi connectivity index (χ0n) is 16.9. The summed E-state index contributed by atoms with van der Waals surface area (Å²) in [6.07, 6.45) is 1.83. The Bertz CT molecular complexity index is 1010. The van der Waals surface area contributed by atoms with Crippen molar-refractivity contribution in [2.45, 2.75) is 18.9 Å². The third-order valence-electron chi connectivity index (χ3n) is 5.48. The summed E-state index contributed by atoms with van der Waals surface area (Å²) >= 11 is 3.60. The average Bonchev–Trinajstić information content (AvgIpc) is 2.79. The summed E-state index contributed by atoms with van der Waals surface area (Å²) in [7, 11) is 1.67. The van der Waals surface area contributed by atoms with E-state index >= 15 is 0 Å². The lowest BCUT2D eigenvalue weighted by molar-refractivity contribution is -0.123. The summed E-state index contributed by atoms with van der Waals surface area (Å²) in [6.45, 7) is 1.83. The molecule has 0 saturated carbocycles. The number of ether oxygens (including phenoxy) is 2. The SMILES string of the molecule is COc1ccc(N2CCC(NC(=O)COc3ccc4ccccc4c3Br)CC2)cc1. The number of fused-ring (bicyclic) bond motifs is 1. The van der Waals surface area contributed by atoms with Gasteiger partial charge in [0.05, 0.1) is 11.6 Å². The van der Waals surface area contributed by atoms with Gasteiger partial charge in [-0.05, 0) is 69.9 Å². The molecular weight excluding hydrogens is 444 g/mol. The van der Waals surface area contributed by atoms with Crippen molar-refractivity contribution in [2.75, 3.05) is 31.7 Å². The van der Waals surface area contributed by atoms with Crippen molar-refractivity contribution in [1.29, 1.82) is 0 Å². The maximum Gasteiger partial charge on any atom is 0.258 e. The molecule has 0 radical (unpaired) electrons. The second-order valence-corrected chi connectivity index (χ2v) is 8.21. The second kappa shape index (κ2) is 9.39. The van der Waals surface area contributed by atoms with E-state index in [1.165, 1.54) is 5.69 Å². The third kappa shape index (κ3) is 4.70. The van der Waals surface area contributed by atoms with Crippen molar-refractivity contribution in [3.63, 3.8) is 0 Å². The molecule has 3 aromatic rings. The quantitative estimate of drug-likeness (QED) is 0.565. The number of carbonyl (C=O) groups excluding carboxylic acids is 1. The number of piperidine rings is 1. The van der Waals surface area contributed by atoms with Gasteiger partial charge in [0.25, 0.3) is 5.91 Å². The minimum absolute atomic E-state index is 0.00956. The first-order valence-electron chi connectivity index (χ1n) is 10.1. The number of methoxy groups -OCH3 is 1. The fourth-order valence-corrected chi connectivity index (χ4v) is 4.42. The maximum atomic E-state index is 12.4. The van der Waals surface area contributed by atoms with Crippen molar-refractivity contribution in [2.24, 2.45) is 0 Å². The van der Waals surface area contributed by atoms with E-state index in [4.69, 9.17) is 9.47 Å². The number of amides is 1. The van der Waals surface area contributed by atoms with Gasteiger partial charge in [0, 0.05) is 24.8 Å². The molecule has 4 rings (SSSR count). The summed E-state index contributed by atoms with van der Waals surface area (Å²) in [5.41, 5.74) is 1.19. The van der Waals surface area contributed by atoms with E-state index in [0.717, 1.165) is 46.9 Å². The molecule has 1 aliphatic heterocycles. The molecular formula is C24H25BrN2O3. The standard InChI is InChI=1S/C24H25BrN2O3/c1-29-20-9-7-19(8-10-20)27-14-12-18(13-15-27)26-23(28)16-30-22-11-6-17-4-2-3-5-21(17)24(22)25/h2-11,18H,12-16H2,1H3,(H,26,28). The highest BCUT2D eigenvalue weighted by atomic mass is 79.9. The molecule has 1 saturated heterocycles. The number of anilines is 1. The molecule has 1 heterocycles. The number of nitrogens with zero attached hydrogens (tertiary/aromatic N) is 1. The Morgan fingerprint density at radius 3 is 2.53 bits per heavy atom. The molecule has 30 heavy (non-hydrogen) atoms. The van der Waals surface area contributed by atoms with E-state index in [1.807, 2.05) is 42.5 Å². The van der Waals surface area contributed by atoms with Crippen LogP contribution in [0.15, 0.2) is 65.1 Å². The normalized spacial score (nSPS) is 14.5.